The van der Waals surface area contributed by atoms with Crippen molar-refractivity contribution in [2.24, 2.45) is 0 Å². The second-order valence-electron chi connectivity index (χ2n) is 7.94. The standard InChI is InChI=1S/C22H20N4O2.C2HF3O2/c27-20-13-18(24-21(25-20)15-5-2-1-3-6-15)16-7-4-11-26(14-16)22-17-9-12-28-19(17)8-10-23-22;3-2(4,5)1(6)7/h1-3,5-6,8-10,12-13,16H,4,7,11,14H2,(H,24,25,27);(H,6,7). The van der Waals surface area contributed by atoms with Gasteiger partial charge in [-0.05, 0) is 25.0 Å². The lowest BCUT2D eigenvalue weighted by Gasteiger charge is -2.33. The molecule has 0 spiro atoms. The van der Waals surface area contributed by atoms with Crippen molar-refractivity contribution in [3.63, 3.8) is 0 Å². The van der Waals surface area contributed by atoms with Crippen molar-refractivity contribution >= 4 is 22.8 Å². The zero-order chi connectivity index (χ0) is 25.0. The van der Waals surface area contributed by atoms with Gasteiger partial charge in [0.1, 0.15) is 17.2 Å². The number of aromatic amines is 1. The number of nitrogens with one attached hydrogen (secondary N) is 1. The minimum Gasteiger partial charge on any atom is -0.475 e. The molecule has 0 bridgehead atoms. The molecular formula is C24H21F3N4O4. The van der Waals surface area contributed by atoms with Crippen molar-refractivity contribution in [3.8, 4) is 11.4 Å². The monoisotopic (exact) mass is 486 g/mol. The maximum atomic E-state index is 12.3. The first kappa shape index (κ1) is 24.0. The lowest BCUT2D eigenvalue weighted by Crippen LogP contribution is -2.35. The number of furan rings is 1. The van der Waals surface area contributed by atoms with Crippen LogP contribution in [0.25, 0.3) is 22.4 Å². The van der Waals surface area contributed by atoms with Crippen LogP contribution in [0.1, 0.15) is 24.5 Å². The highest BCUT2D eigenvalue weighted by molar-refractivity contribution is 5.88. The van der Waals surface area contributed by atoms with Gasteiger partial charge in [0.25, 0.3) is 5.56 Å². The zero-order valence-corrected chi connectivity index (χ0v) is 18.3. The van der Waals surface area contributed by atoms with Crippen LogP contribution in [-0.2, 0) is 4.79 Å². The number of hydrogen-bond acceptors (Lipinski definition) is 6. The average molecular weight is 486 g/mol. The molecule has 1 saturated heterocycles. The number of benzene rings is 1. The summed E-state index contributed by atoms with van der Waals surface area (Å²) in [6, 6.07) is 15.2. The van der Waals surface area contributed by atoms with Crippen LogP contribution in [0.3, 0.4) is 0 Å². The smallest absolute Gasteiger partial charge is 0.475 e. The summed E-state index contributed by atoms with van der Waals surface area (Å²) in [4.78, 5) is 35.7. The number of piperidine rings is 1. The number of H-pyrrole nitrogens is 1. The third-order valence-electron chi connectivity index (χ3n) is 5.55. The molecule has 2 N–H and O–H groups in total. The lowest BCUT2D eigenvalue weighted by atomic mass is 9.94. The summed E-state index contributed by atoms with van der Waals surface area (Å²) in [7, 11) is 0. The number of halogens is 3. The molecule has 35 heavy (non-hydrogen) atoms. The van der Waals surface area contributed by atoms with E-state index >= 15 is 0 Å². The number of pyridine rings is 1. The first-order valence-electron chi connectivity index (χ1n) is 10.8. The van der Waals surface area contributed by atoms with Gasteiger partial charge in [-0.25, -0.2) is 14.8 Å². The van der Waals surface area contributed by atoms with Gasteiger partial charge in [-0.2, -0.15) is 13.2 Å². The van der Waals surface area contributed by atoms with Crippen molar-refractivity contribution in [1.29, 1.82) is 0 Å². The molecule has 0 amide bonds. The quantitative estimate of drug-likeness (QED) is 0.435. The topological polar surface area (TPSA) is 112 Å². The Balaban J connectivity index is 0.000000364. The Morgan fingerprint density at radius 3 is 2.63 bits per heavy atom. The largest absolute Gasteiger partial charge is 0.490 e. The Labute approximate surface area is 197 Å². The number of carboxylic acid groups (broad SMARTS) is 1. The van der Waals surface area contributed by atoms with Crippen molar-refractivity contribution in [1.82, 2.24) is 15.0 Å². The first-order valence-corrected chi connectivity index (χ1v) is 10.8. The number of carboxylic acids is 1. The molecule has 182 valence electrons. The van der Waals surface area contributed by atoms with Crippen molar-refractivity contribution < 1.29 is 27.5 Å². The first-order chi connectivity index (χ1) is 16.7. The molecule has 1 aliphatic rings. The SMILES string of the molecule is O=C(O)C(F)(F)F.O=c1cc(C2CCCN(c3nccc4occc34)C2)nc(-c2ccccc2)[nH]1. The molecule has 1 aliphatic heterocycles. The molecule has 1 unspecified atom stereocenters. The summed E-state index contributed by atoms with van der Waals surface area (Å²) in [6.07, 6.45) is 0.420. The van der Waals surface area contributed by atoms with Crippen LogP contribution < -0.4 is 10.5 Å². The number of hydrogen-bond donors (Lipinski definition) is 2. The number of aromatic nitrogens is 3. The summed E-state index contributed by atoms with van der Waals surface area (Å²) >= 11 is 0. The van der Waals surface area contributed by atoms with Crippen LogP contribution in [0.15, 0.2) is 70.2 Å². The molecular weight excluding hydrogens is 465 g/mol. The van der Waals surface area contributed by atoms with E-state index in [9.17, 15) is 18.0 Å². The molecule has 1 atom stereocenters. The number of anilines is 1. The van der Waals surface area contributed by atoms with E-state index in [0.717, 1.165) is 54.0 Å². The predicted molar refractivity (Wildman–Crippen MR) is 122 cm³/mol. The Kier molecular flexibility index (Phi) is 6.85. The van der Waals surface area contributed by atoms with E-state index in [1.807, 2.05) is 42.5 Å². The molecule has 0 aliphatic carbocycles. The van der Waals surface area contributed by atoms with Gasteiger partial charge < -0.3 is 19.4 Å². The molecule has 3 aromatic heterocycles. The van der Waals surface area contributed by atoms with E-state index in [0.29, 0.717) is 5.82 Å². The Morgan fingerprint density at radius 1 is 1.17 bits per heavy atom. The van der Waals surface area contributed by atoms with E-state index in [1.165, 1.54) is 0 Å². The Morgan fingerprint density at radius 2 is 1.91 bits per heavy atom. The van der Waals surface area contributed by atoms with Gasteiger partial charge in [-0.15, -0.1) is 0 Å². The third kappa shape index (κ3) is 5.68. The summed E-state index contributed by atoms with van der Waals surface area (Å²) < 4.78 is 37.3. The van der Waals surface area contributed by atoms with Gasteiger partial charge in [0.2, 0.25) is 0 Å². The molecule has 8 nitrogen and oxygen atoms in total. The van der Waals surface area contributed by atoms with Gasteiger partial charge in [-0.3, -0.25) is 4.79 Å². The highest BCUT2D eigenvalue weighted by Gasteiger charge is 2.38. The maximum absolute atomic E-state index is 12.3. The lowest BCUT2D eigenvalue weighted by molar-refractivity contribution is -0.192. The van der Waals surface area contributed by atoms with E-state index < -0.39 is 12.1 Å². The van der Waals surface area contributed by atoms with Crippen LogP contribution in [0.4, 0.5) is 19.0 Å². The second-order valence-corrected chi connectivity index (χ2v) is 7.94. The minimum absolute atomic E-state index is 0.115. The van der Waals surface area contributed by atoms with E-state index in [4.69, 9.17) is 19.3 Å². The van der Waals surface area contributed by atoms with Crippen molar-refractivity contribution in [2.75, 3.05) is 18.0 Å². The van der Waals surface area contributed by atoms with Gasteiger partial charge in [0.05, 0.1) is 17.3 Å². The summed E-state index contributed by atoms with van der Waals surface area (Å²) in [5.74, 6) is -1.02. The van der Waals surface area contributed by atoms with Gasteiger partial charge in [0, 0.05) is 36.8 Å². The number of nitrogens with zero attached hydrogens (tertiary/aromatic N) is 3. The molecule has 0 radical (unpaired) electrons. The van der Waals surface area contributed by atoms with Crippen LogP contribution in [0.5, 0.6) is 0 Å². The number of aliphatic carboxylic acids is 1. The summed E-state index contributed by atoms with van der Waals surface area (Å²) in [5.41, 5.74) is 2.48. The fraction of sp³-hybridized carbons (Fsp3) is 0.250. The molecule has 11 heteroatoms. The molecule has 5 rings (SSSR count). The van der Waals surface area contributed by atoms with E-state index in [1.54, 1.807) is 18.5 Å². The molecule has 4 heterocycles. The van der Waals surface area contributed by atoms with Gasteiger partial charge >= 0.3 is 12.1 Å². The third-order valence-corrected chi connectivity index (χ3v) is 5.55. The molecule has 0 saturated carbocycles. The highest BCUT2D eigenvalue weighted by Crippen LogP contribution is 2.32. The highest BCUT2D eigenvalue weighted by atomic mass is 19.4. The van der Waals surface area contributed by atoms with Crippen LogP contribution in [0.2, 0.25) is 0 Å². The Hall–Kier alpha value is -4.15. The zero-order valence-electron chi connectivity index (χ0n) is 18.3. The molecule has 4 aromatic rings. The number of alkyl halides is 3. The van der Waals surface area contributed by atoms with Gasteiger partial charge in [-0.1, -0.05) is 30.3 Å². The van der Waals surface area contributed by atoms with Crippen molar-refractivity contribution in [3.05, 3.63) is 77.0 Å². The Bertz CT molecular complexity index is 1370. The number of fused-ring (bicyclic) bond motifs is 1. The number of carbonyl (C=O) groups is 1. The molecule has 1 fully saturated rings. The maximum Gasteiger partial charge on any atom is 0.490 e. The van der Waals surface area contributed by atoms with Gasteiger partial charge in [0.15, 0.2) is 0 Å². The summed E-state index contributed by atoms with van der Waals surface area (Å²) in [5, 5.41) is 8.15. The average Bonchev–Trinajstić information content (AvgIpc) is 3.33. The van der Waals surface area contributed by atoms with E-state index in [2.05, 4.69) is 14.9 Å². The van der Waals surface area contributed by atoms with Crippen molar-refractivity contribution in [2.45, 2.75) is 24.9 Å². The number of rotatable bonds is 3. The van der Waals surface area contributed by atoms with Crippen LogP contribution >= 0.6 is 0 Å². The normalized spacial score (nSPS) is 16.0. The van der Waals surface area contributed by atoms with E-state index in [-0.39, 0.29) is 11.5 Å². The van der Waals surface area contributed by atoms with Crippen LogP contribution in [-0.4, -0.2) is 45.3 Å². The second kappa shape index (κ2) is 10.00. The fourth-order valence-electron chi connectivity index (χ4n) is 3.96. The predicted octanol–water partition coefficient (Wildman–Crippen LogP) is 4.60. The van der Waals surface area contributed by atoms with Crippen LogP contribution in [0, 0.1) is 0 Å². The minimum atomic E-state index is -5.08. The fourth-order valence-corrected chi connectivity index (χ4v) is 3.96. The summed E-state index contributed by atoms with van der Waals surface area (Å²) in [6.45, 7) is 1.71. The molecule has 1 aromatic carbocycles.